The monoisotopic (exact) mass is 438 g/mol. The summed E-state index contributed by atoms with van der Waals surface area (Å²) in [5.74, 6) is 0.944. The molecule has 0 fully saturated rings. The van der Waals surface area contributed by atoms with Crippen molar-refractivity contribution in [2.75, 3.05) is 6.61 Å². The molecule has 0 saturated heterocycles. The predicted octanol–water partition coefficient (Wildman–Crippen LogP) is 10.8. The molecular formula is C30H62O. The third-order valence-electron chi connectivity index (χ3n) is 7.30. The van der Waals surface area contributed by atoms with Crippen LogP contribution in [0.2, 0.25) is 0 Å². The Bertz CT molecular complexity index is 301. The molecule has 1 atom stereocenters. The molecule has 1 nitrogen and oxygen atoms in total. The van der Waals surface area contributed by atoms with Crippen molar-refractivity contribution in [2.24, 2.45) is 5.92 Å². The average molecular weight is 439 g/mol. The van der Waals surface area contributed by atoms with Crippen molar-refractivity contribution < 1.29 is 5.11 Å². The van der Waals surface area contributed by atoms with Gasteiger partial charge in [0.2, 0.25) is 0 Å². The van der Waals surface area contributed by atoms with Gasteiger partial charge in [-0.1, -0.05) is 174 Å². The van der Waals surface area contributed by atoms with Crippen LogP contribution in [-0.2, 0) is 0 Å². The van der Waals surface area contributed by atoms with Crippen molar-refractivity contribution in [1.29, 1.82) is 0 Å². The number of aliphatic hydroxyl groups excluding tert-OH is 1. The molecule has 0 amide bonds. The Morgan fingerprint density at radius 3 is 0.839 bits per heavy atom. The highest BCUT2D eigenvalue weighted by atomic mass is 16.2. The number of unbranched alkanes of at least 4 members (excludes halogenated alkanes) is 23. The van der Waals surface area contributed by atoms with Crippen molar-refractivity contribution in [1.82, 2.24) is 0 Å². The van der Waals surface area contributed by atoms with Gasteiger partial charge in [-0.25, -0.2) is 0 Å². The Hall–Kier alpha value is -0.0400. The molecular weight excluding hydrogens is 376 g/mol. The largest absolute Gasteiger partial charge is 0.396 e. The SMILES string of the molecule is CC[C@H](C)CCCCCCCCCCCCCCCCCCCCCCCCCCO. The second-order valence-electron chi connectivity index (χ2n) is 10.5. The van der Waals surface area contributed by atoms with E-state index in [1.54, 1.807) is 0 Å². The van der Waals surface area contributed by atoms with E-state index >= 15 is 0 Å². The van der Waals surface area contributed by atoms with Gasteiger partial charge in [0.1, 0.15) is 0 Å². The zero-order chi connectivity index (χ0) is 22.7. The summed E-state index contributed by atoms with van der Waals surface area (Å²) in [5.41, 5.74) is 0. The van der Waals surface area contributed by atoms with Gasteiger partial charge in [0.05, 0.1) is 0 Å². The number of rotatable bonds is 27. The predicted molar refractivity (Wildman–Crippen MR) is 142 cm³/mol. The summed E-state index contributed by atoms with van der Waals surface area (Å²) in [6.07, 6.45) is 37.0. The van der Waals surface area contributed by atoms with Crippen LogP contribution in [-0.4, -0.2) is 11.7 Å². The van der Waals surface area contributed by atoms with Crippen LogP contribution in [0.25, 0.3) is 0 Å². The lowest BCUT2D eigenvalue weighted by molar-refractivity contribution is 0.282. The Kier molecular flexibility index (Phi) is 28.0. The van der Waals surface area contributed by atoms with Crippen LogP contribution in [0, 0.1) is 5.92 Å². The maximum Gasteiger partial charge on any atom is 0.0431 e. The molecule has 0 heterocycles. The summed E-state index contributed by atoms with van der Waals surface area (Å²) in [5, 5.41) is 8.76. The van der Waals surface area contributed by atoms with E-state index < -0.39 is 0 Å². The summed E-state index contributed by atoms with van der Waals surface area (Å²) in [7, 11) is 0. The summed E-state index contributed by atoms with van der Waals surface area (Å²) in [4.78, 5) is 0. The Balaban J connectivity index is 3.01. The average Bonchev–Trinajstić information content (AvgIpc) is 2.78. The molecule has 1 heteroatoms. The molecule has 0 aliphatic heterocycles. The van der Waals surface area contributed by atoms with E-state index in [9.17, 15) is 0 Å². The van der Waals surface area contributed by atoms with Crippen molar-refractivity contribution in [2.45, 2.75) is 181 Å². The van der Waals surface area contributed by atoms with Crippen molar-refractivity contribution in [3.63, 3.8) is 0 Å². The van der Waals surface area contributed by atoms with E-state index in [1.807, 2.05) is 0 Å². The first-order chi connectivity index (χ1) is 15.3. The Morgan fingerprint density at radius 2 is 0.613 bits per heavy atom. The fourth-order valence-electron chi connectivity index (χ4n) is 4.70. The first-order valence-electron chi connectivity index (χ1n) is 14.9. The minimum atomic E-state index is 0.374. The second-order valence-corrected chi connectivity index (χ2v) is 10.5. The van der Waals surface area contributed by atoms with E-state index in [0.29, 0.717) is 6.61 Å². The van der Waals surface area contributed by atoms with Crippen LogP contribution in [0.15, 0.2) is 0 Å². The Morgan fingerprint density at radius 1 is 0.387 bits per heavy atom. The minimum absolute atomic E-state index is 0.374. The molecule has 0 aromatic carbocycles. The Labute approximate surface area is 198 Å². The molecule has 31 heavy (non-hydrogen) atoms. The van der Waals surface area contributed by atoms with E-state index in [4.69, 9.17) is 5.11 Å². The molecule has 0 unspecified atom stereocenters. The lowest BCUT2D eigenvalue weighted by Crippen LogP contribution is -1.91. The maximum absolute atomic E-state index is 8.76. The van der Waals surface area contributed by atoms with Gasteiger partial charge >= 0.3 is 0 Å². The zero-order valence-electron chi connectivity index (χ0n) is 22.1. The molecule has 0 aromatic heterocycles. The van der Waals surface area contributed by atoms with E-state index in [2.05, 4.69) is 13.8 Å². The highest BCUT2D eigenvalue weighted by molar-refractivity contribution is 4.53. The van der Waals surface area contributed by atoms with Gasteiger partial charge in [-0.3, -0.25) is 0 Å². The van der Waals surface area contributed by atoms with Crippen molar-refractivity contribution in [3.05, 3.63) is 0 Å². The maximum atomic E-state index is 8.76. The molecule has 0 spiro atoms. The van der Waals surface area contributed by atoms with Gasteiger partial charge in [0.15, 0.2) is 0 Å². The third kappa shape index (κ3) is 27.9. The van der Waals surface area contributed by atoms with E-state index in [-0.39, 0.29) is 0 Å². The van der Waals surface area contributed by atoms with E-state index in [0.717, 1.165) is 12.3 Å². The molecule has 188 valence electrons. The summed E-state index contributed by atoms with van der Waals surface area (Å²) in [6, 6.07) is 0. The van der Waals surface area contributed by atoms with Gasteiger partial charge in [-0.05, 0) is 12.3 Å². The fraction of sp³-hybridized carbons (Fsp3) is 1.00. The standard InChI is InChI=1S/C30H62O/c1-3-30(2)28-26-24-22-20-18-16-14-12-10-8-6-4-5-7-9-11-13-15-17-19-21-23-25-27-29-31/h30-31H,3-29H2,1-2H3/t30-/m0/s1. The number of hydrogen-bond donors (Lipinski definition) is 1. The molecule has 0 bridgehead atoms. The topological polar surface area (TPSA) is 20.2 Å². The smallest absolute Gasteiger partial charge is 0.0431 e. The lowest BCUT2D eigenvalue weighted by Gasteiger charge is -2.07. The van der Waals surface area contributed by atoms with Crippen LogP contribution >= 0.6 is 0 Å². The van der Waals surface area contributed by atoms with Crippen LogP contribution in [0.4, 0.5) is 0 Å². The van der Waals surface area contributed by atoms with Crippen LogP contribution in [0.5, 0.6) is 0 Å². The first-order valence-corrected chi connectivity index (χ1v) is 14.9. The molecule has 0 aliphatic carbocycles. The summed E-state index contributed by atoms with van der Waals surface area (Å²) < 4.78 is 0. The minimum Gasteiger partial charge on any atom is -0.396 e. The molecule has 0 saturated carbocycles. The van der Waals surface area contributed by atoms with Gasteiger partial charge in [0.25, 0.3) is 0 Å². The summed E-state index contributed by atoms with van der Waals surface area (Å²) in [6.45, 7) is 5.09. The lowest BCUT2D eigenvalue weighted by atomic mass is 9.99. The molecule has 1 N–H and O–H groups in total. The first kappa shape index (κ1) is 31.0. The fourth-order valence-corrected chi connectivity index (χ4v) is 4.70. The second kappa shape index (κ2) is 28.0. The van der Waals surface area contributed by atoms with Gasteiger partial charge < -0.3 is 5.11 Å². The van der Waals surface area contributed by atoms with Gasteiger partial charge in [-0.15, -0.1) is 0 Å². The third-order valence-corrected chi connectivity index (χ3v) is 7.30. The van der Waals surface area contributed by atoms with Gasteiger partial charge in [-0.2, -0.15) is 0 Å². The van der Waals surface area contributed by atoms with E-state index in [1.165, 1.54) is 161 Å². The number of hydrogen-bond acceptors (Lipinski definition) is 1. The van der Waals surface area contributed by atoms with Crippen LogP contribution in [0.1, 0.15) is 181 Å². The van der Waals surface area contributed by atoms with Crippen molar-refractivity contribution >= 4 is 0 Å². The quantitative estimate of drug-likeness (QED) is 0.126. The van der Waals surface area contributed by atoms with Gasteiger partial charge in [0, 0.05) is 6.61 Å². The molecule has 0 rings (SSSR count). The zero-order valence-corrected chi connectivity index (χ0v) is 22.1. The summed E-state index contributed by atoms with van der Waals surface area (Å²) >= 11 is 0. The normalized spacial score (nSPS) is 12.5. The molecule has 0 aliphatic rings. The highest BCUT2D eigenvalue weighted by Crippen LogP contribution is 2.17. The van der Waals surface area contributed by atoms with Crippen LogP contribution in [0.3, 0.4) is 0 Å². The molecule has 0 aromatic rings. The number of aliphatic hydroxyl groups is 1. The molecule has 0 radical (unpaired) electrons. The van der Waals surface area contributed by atoms with Crippen molar-refractivity contribution in [3.8, 4) is 0 Å². The highest BCUT2D eigenvalue weighted by Gasteiger charge is 1.99. The van der Waals surface area contributed by atoms with Crippen LogP contribution < -0.4 is 0 Å².